The van der Waals surface area contributed by atoms with Crippen LogP contribution in [0.2, 0.25) is 0 Å². The number of fused-ring (bicyclic) bond motifs is 1. The van der Waals surface area contributed by atoms with Crippen molar-refractivity contribution >= 4 is 45.1 Å². The van der Waals surface area contributed by atoms with Gasteiger partial charge in [-0.05, 0) is 54.7 Å². The van der Waals surface area contributed by atoms with Gasteiger partial charge in [0.05, 0.1) is 16.7 Å². The number of rotatable bonds is 5. The molecule has 6 atom stereocenters. The Bertz CT molecular complexity index is 1050. The molecule has 31 heavy (non-hydrogen) atoms. The van der Waals surface area contributed by atoms with Gasteiger partial charge in [-0.3, -0.25) is 14.4 Å². The molecule has 6 nitrogen and oxygen atoms in total. The van der Waals surface area contributed by atoms with Crippen LogP contribution in [0.3, 0.4) is 0 Å². The average Bonchev–Trinajstić information content (AvgIpc) is 3.39. The molecule has 7 heteroatoms. The maximum Gasteiger partial charge on any atom is 0.310 e. The Balaban J connectivity index is 1.26. The van der Waals surface area contributed by atoms with Gasteiger partial charge in [0.1, 0.15) is 6.10 Å². The predicted molar refractivity (Wildman–Crippen MR) is 120 cm³/mol. The van der Waals surface area contributed by atoms with Crippen LogP contribution < -0.4 is 10.6 Å². The zero-order chi connectivity index (χ0) is 21.7. The first-order valence-corrected chi connectivity index (χ1v) is 11.5. The van der Waals surface area contributed by atoms with Crippen LogP contribution in [0, 0.1) is 23.7 Å². The quantitative estimate of drug-likeness (QED) is 0.497. The molecule has 3 aliphatic rings. The first-order chi connectivity index (χ1) is 15.0. The van der Waals surface area contributed by atoms with Crippen molar-refractivity contribution in [2.24, 2.45) is 23.7 Å². The standard InChI is InChI=1S/C24H23BrN2O4/c1-2-12-5-3-4-6-17(12)27-22(28)13-7-9-14(10-8-13)26-23(29)18-15-11-16-19(18)24(30)31-21(16)20(15)25/h3-10,15-16,18-21H,2,11H2,1H3,(H,26,29)(H,27,28)/t15-,16-,18-,19-,20+,21+/m1/s1. The number of halogens is 1. The van der Waals surface area contributed by atoms with E-state index in [0.29, 0.717) is 11.3 Å². The highest BCUT2D eigenvalue weighted by molar-refractivity contribution is 9.09. The summed E-state index contributed by atoms with van der Waals surface area (Å²) in [6, 6.07) is 14.5. The molecular formula is C24H23BrN2O4. The van der Waals surface area contributed by atoms with E-state index in [0.717, 1.165) is 24.1 Å². The fourth-order valence-corrected chi connectivity index (χ4v) is 6.45. The molecule has 1 saturated heterocycles. The molecule has 2 amide bonds. The molecule has 5 rings (SSSR count). The Kier molecular flexibility index (Phi) is 5.08. The van der Waals surface area contributed by atoms with E-state index in [1.54, 1.807) is 24.3 Å². The van der Waals surface area contributed by atoms with Gasteiger partial charge in [0.25, 0.3) is 5.91 Å². The lowest BCUT2D eigenvalue weighted by molar-refractivity contribution is -0.145. The average molecular weight is 483 g/mol. The Morgan fingerprint density at radius 2 is 1.81 bits per heavy atom. The lowest BCUT2D eigenvalue weighted by Crippen LogP contribution is -2.40. The molecule has 1 aliphatic heterocycles. The van der Waals surface area contributed by atoms with Crippen molar-refractivity contribution in [3.63, 3.8) is 0 Å². The van der Waals surface area contributed by atoms with Crippen LogP contribution in [0.4, 0.5) is 11.4 Å². The van der Waals surface area contributed by atoms with E-state index < -0.39 is 0 Å². The van der Waals surface area contributed by atoms with E-state index in [-0.39, 0.29) is 52.4 Å². The van der Waals surface area contributed by atoms with Crippen molar-refractivity contribution in [2.75, 3.05) is 10.6 Å². The van der Waals surface area contributed by atoms with E-state index in [2.05, 4.69) is 26.6 Å². The highest BCUT2D eigenvalue weighted by Gasteiger charge is 2.67. The number of amides is 2. The minimum atomic E-state index is -0.380. The summed E-state index contributed by atoms with van der Waals surface area (Å²) in [6.07, 6.45) is 1.57. The molecule has 0 aromatic heterocycles. The van der Waals surface area contributed by atoms with Gasteiger partial charge in [-0.15, -0.1) is 0 Å². The number of hydrogen-bond acceptors (Lipinski definition) is 4. The summed E-state index contributed by atoms with van der Waals surface area (Å²) in [4.78, 5) is 37.9. The van der Waals surface area contributed by atoms with Gasteiger partial charge < -0.3 is 15.4 Å². The van der Waals surface area contributed by atoms with Crippen LogP contribution >= 0.6 is 15.9 Å². The molecule has 3 fully saturated rings. The van der Waals surface area contributed by atoms with E-state index >= 15 is 0 Å². The summed E-state index contributed by atoms with van der Waals surface area (Å²) >= 11 is 3.63. The summed E-state index contributed by atoms with van der Waals surface area (Å²) in [7, 11) is 0. The monoisotopic (exact) mass is 482 g/mol. The number of hydrogen-bond donors (Lipinski definition) is 2. The van der Waals surface area contributed by atoms with Crippen LogP contribution in [0.1, 0.15) is 29.3 Å². The fraction of sp³-hybridized carbons (Fsp3) is 0.375. The number of ether oxygens (including phenoxy) is 1. The maximum atomic E-state index is 13.0. The van der Waals surface area contributed by atoms with Crippen LogP contribution in [0.15, 0.2) is 48.5 Å². The van der Waals surface area contributed by atoms with Gasteiger partial charge in [0.15, 0.2) is 0 Å². The van der Waals surface area contributed by atoms with Crippen LogP contribution in [-0.2, 0) is 20.7 Å². The molecule has 0 unspecified atom stereocenters. The van der Waals surface area contributed by atoms with E-state index in [9.17, 15) is 14.4 Å². The molecule has 160 valence electrons. The lowest BCUT2D eigenvalue weighted by Gasteiger charge is -2.27. The van der Waals surface area contributed by atoms with Crippen molar-refractivity contribution < 1.29 is 19.1 Å². The summed E-state index contributed by atoms with van der Waals surface area (Å²) in [6.45, 7) is 2.04. The Morgan fingerprint density at radius 1 is 1.06 bits per heavy atom. The third-order valence-electron chi connectivity index (χ3n) is 6.89. The van der Waals surface area contributed by atoms with Crippen LogP contribution in [0.5, 0.6) is 0 Å². The predicted octanol–water partition coefficient (Wildman–Crippen LogP) is 4.01. The topological polar surface area (TPSA) is 84.5 Å². The van der Waals surface area contributed by atoms with Gasteiger partial charge in [0.2, 0.25) is 5.91 Å². The Hall–Kier alpha value is -2.67. The van der Waals surface area contributed by atoms with Gasteiger partial charge in [-0.1, -0.05) is 41.1 Å². The fourth-order valence-electron chi connectivity index (χ4n) is 5.41. The summed E-state index contributed by atoms with van der Waals surface area (Å²) < 4.78 is 5.48. The van der Waals surface area contributed by atoms with Crippen LogP contribution in [-0.4, -0.2) is 28.7 Å². The maximum absolute atomic E-state index is 13.0. The number of para-hydroxylation sites is 1. The number of alkyl halides is 1. The normalized spacial score (nSPS) is 30.2. The third kappa shape index (κ3) is 3.35. The van der Waals surface area contributed by atoms with Gasteiger partial charge >= 0.3 is 5.97 Å². The van der Waals surface area contributed by atoms with Crippen molar-refractivity contribution in [1.29, 1.82) is 0 Å². The Labute approximate surface area is 188 Å². The molecule has 1 heterocycles. The second kappa shape index (κ2) is 7.79. The van der Waals surface area contributed by atoms with Crippen molar-refractivity contribution in [1.82, 2.24) is 0 Å². The number of nitrogens with one attached hydrogen (secondary N) is 2. The first-order valence-electron chi connectivity index (χ1n) is 10.6. The summed E-state index contributed by atoms with van der Waals surface area (Å²) in [5, 5.41) is 5.87. The van der Waals surface area contributed by atoms with E-state index in [4.69, 9.17) is 4.74 Å². The minimum absolute atomic E-state index is 0.0352. The van der Waals surface area contributed by atoms with Crippen LogP contribution in [0.25, 0.3) is 0 Å². The zero-order valence-electron chi connectivity index (χ0n) is 17.0. The highest BCUT2D eigenvalue weighted by atomic mass is 79.9. The van der Waals surface area contributed by atoms with E-state index in [1.807, 2.05) is 31.2 Å². The largest absolute Gasteiger partial charge is 0.461 e. The SMILES string of the molecule is CCc1ccccc1NC(=O)c1ccc(NC(=O)[C@@H]2[C@H]3C[C@H]4[C@H](OC(=O)[C@H]42)[C@H]3Br)cc1. The summed E-state index contributed by atoms with van der Waals surface area (Å²) in [5.74, 6) is -1.09. The molecule has 2 aromatic carbocycles. The van der Waals surface area contributed by atoms with Crippen molar-refractivity contribution in [2.45, 2.75) is 30.7 Å². The molecular weight excluding hydrogens is 460 g/mol. The number of anilines is 2. The zero-order valence-corrected chi connectivity index (χ0v) is 18.6. The van der Waals surface area contributed by atoms with Gasteiger partial charge in [-0.2, -0.15) is 0 Å². The molecule has 2 N–H and O–H groups in total. The molecule has 2 aromatic rings. The minimum Gasteiger partial charge on any atom is -0.461 e. The second-order valence-corrected chi connectivity index (χ2v) is 9.55. The highest BCUT2D eigenvalue weighted by Crippen LogP contribution is 2.60. The number of carbonyl (C=O) groups excluding carboxylic acids is 3. The number of benzene rings is 2. The number of carbonyl (C=O) groups is 3. The summed E-state index contributed by atoms with van der Waals surface area (Å²) in [5.41, 5.74) is 2.98. The molecule has 2 aliphatic carbocycles. The second-order valence-electron chi connectivity index (χ2n) is 8.49. The van der Waals surface area contributed by atoms with Crippen molar-refractivity contribution in [3.05, 3.63) is 59.7 Å². The smallest absolute Gasteiger partial charge is 0.310 e. The van der Waals surface area contributed by atoms with Crippen molar-refractivity contribution in [3.8, 4) is 0 Å². The Morgan fingerprint density at radius 3 is 2.55 bits per heavy atom. The van der Waals surface area contributed by atoms with Gasteiger partial charge in [-0.25, -0.2) is 0 Å². The van der Waals surface area contributed by atoms with E-state index in [1.165, 1.54) is 0 Å². The third-order valence-corrected chi connectivity index (χ3v) is 8.09. The first kappa shape index (κ1) is 20.2. The number of esters is 1. The molecule has 0 spiro atoms. The molecule has 2 bridgehead atoms. The number of aryl methyl sites for hydroxylation is 1. The molecule has 2 saturated carbocycles. The van der Waals surface area contributed by atoms with Gasteiger partial charge in [0, 0.05) is 22.9 Å². The molecule has 0 radical (unpaired) electrons. The lowest BCUT2D eigenvalue weighted by atomic mass is 9.79.